The first kappa shape index (κ1) is 9.21. The van der Waals surface area contributed by atoms with E-state index in [1.807, 2.05) is 11.6 Å². The highest BCUT2D eigenvalue weighted by Gasteiger charge is 2.37. The molecule has 5 heteroatoms. The van der Waals surface area contributed by atoms with Gasteiger partial charge in [0.25, 0.3) is 0 Å². The summed E-state index contributed by atoms with van der Waals surface area (Å²) in [4.78, 5) is 17.1. The van der Waals surface area contributed by atoms with Crippen molar-refractivity contribution in [3.63, 3.8) is 0 Å². The highest BCUT2D eigenvalue weighted by atomic mass is 16.2. The molecule has 2 rings (SSSR count). The summed E-state index contributed by atoms with van der Waals surface area (Å²) in [6.07, 6.45) is 3.91. The van der Waals surface area contributed by atoms with Gasteiger partial charge in [0.05, 0.1) is 24.3 Å². The van der Waals surface area contributed by atoms with Crippen molar-refractivity contribution in [2.24, 2.45) is 12.8 Å². The summed E-state index contributed by atoms with van der Waals surface area (Å²) in [7, 11) is 3.69. The molecule has 2 N–H and O–H groups in total. The van der Waals surface area contributed by atoms with E-state index in [1.54, 1.807) is 24.5 Å². The molecular formula is C9H14N4O. The normalized spacial score (nSPS) is 27.4. The smallest absolute Gasteiger partial charge is 0.224 e. The van der Waals surface area contributed by atoms with E-state index < -0.39 is 0 Å². The van der Waals surface area contributed by atoms with E-state index in [0.717, 1.165) is 5.69 Å². The zero-order valence-electron chi connectivity index (χ0n) is 8.34. The zero-order chi connectivity index (χ0) is 10.3. The number of aromatic nitrogens is 2. The van der Waals surface area contributed by atoms with Gasteiger partial charge in [-0.25, -0.2) is 4.98 Å². The number of nitrogens with zero attached hydrogens (tertiary/aromatic N) is 3. The van der Waals surface area contributed by atoms with Crippen LogP contribution in [-0.4, -0.2) is 33.4 Å². The molecule has 76 valence electrons. The lowest BCUT2D eigenvalue weighted by Crippen LogP contribution is -2.31. The summed E-state index contributed by atoms with van der Waals surface area (Å²) in [6, 6.07) is -0.155. The van der Waals surface area contributed by atoms with Crippen LogP contribution >= 0.6 is 0 Å². The van der Waals surface area contributed by atoms with Gasteiger partial charge < -0.3 is 15.2 Å². The monoisotopic (exact) mass is 194 g/mol. The van der Waals surface area contributed by atoms with Crippen LogP contribution in [0.5, 0.6) is 0 Å². The fourth-order valence-corrected chi connectivity index (χ4v) is 1.97. The number of carbonyl (C=O) groups excluding carboxylic acids is 1. The molecule has 1 aromatic heterocycles. The highest BCUT2D eigenvalue weighted by Crippen LogP contribution is 2.29. The molecule has 2 atom stereocenters. The summed E-state index contributed by atoms with van der Waals surface area (Å²) >= 11 is 0. The van der Waals surface area contributed by atoms with E-state index in [0.29, 0.717) is 6.42 Å². The second kappa shape index (κ2) is 3.09. The highest BCUT2D eigenvalue weighted by molar-refractivity contribution is 5.79. The Balaban J connectivity index is 2.35. The minimum atomic E-state index is -0.122. The third kappa shape index (κ3) is 1.21. The van der Waals surface area contributed by atoms with Gasteiger partial charge in [-0.2, -0.15) is 0 Å². The molecule has 1 saturated heterocycles. The van der Waals surface area contributed by atoms with Crippen LogP contribution in [-0.2, 0) is 11.8 Å². The van der Waals surface area contributed by atoms with Crippen molar-refractivity contribution >= 4 is 5.91 Å². The molecule has 1 fully saturated rings. The minimum Gasteiger partial charge on any atom is -0.336 e. The molecule has 2 unspecified atom stereocenters. The van der Waals surface area contributed by atoms with Gasteiger partial charge in [-0.05, 0) is 0 Å². The van der Waals surface area contributed by atoms with Crippen LogP contribution < -0.4 is 5.73 Å². The molecule has 1 aliphatic rings. The number of amides is 1. The van der Waals surface area contributed by atoms with Crippen LogP contribution in [0.25, 0.3) is 0 Å². The van der Waals surface area contributed by atoms with Crippen molar-refractivity contribution in [1.82, 2.24) is 14.5 Å². The largest absolute Gasteiger partial charge is 0.336 e. The second-order valence-electron chi connectivity index (χ2n) is 3.75. The number of nitrogens with two attached hydrogens (primary N) is 1. The Kier molecular flexibility index (Phi) is 2.03. The quantitative estimate of drug-likeness (QED) is 0.664. The molecule has 0 spiro atoms. The standard InChI is InChI=1S/C9H14N4O/c1-12-5-11-4-7(12)9-6(10)3-8(14)13(9)2/h4-6,9H,3,10H2,1-2H3. The van der Waals surface area contributed by atoms with E-state index in [4.69, 9.17) is 5.73 Å². The average molecular weight is 194 g/mol. The molecule has 0 aliphatic carbocycles. The number of hydrogen-bond acceptors (Lipinski definition) is 3. The van der Waals surface area contributed by atoms with E-state index in [9.17, 15) is 4.79 Å². The number of carbonyl (C=O) groups is 1. The van der Waals surface area contributed by atoms with Crippen molar-refractivity contribution in [2.45, 2.75) is 18.5 Å². The maximum absolute atomic E-state index is 11.4. The van der Waals surface area contributed by atoms with Crippen LogP contribution in [0.15, 0.2) is 12.5 Å². The van der Waals surface area contributed by atoms with Crippen molar-refractivity contribution in [1.29, 1.82) is 0 Å². The van der Waals surface area contributed by atoms with Crippen LogP contribution in [0.3, 0.4) is 0 Å². The molecule has 1 aliphatic heterocycles. The molecule has 1 aromatic rings. The lowest BCUT2D eigenvalue weighted by atomic mass is 10.1. The summed E-state index contributed by atoms with van der Waals surface area (Å²) in [5.74, 6) is 0.101. The van der Waals surface area contributed by atoms with E-state index in [2.05, 4.69) is 4.98 Å². The van der Waals surface area contributed by atoms with E-state index >= 15 is 0 Å². The van der Waals surface area contributed by atoms with Crippen molar-refractivity contribution < 1.29 is 4.79 Å². The Hall–Kier alpha value is -1.36. The zero-order valence-corrected chi connectivity index (χ0v) is 8.34. The van der Waals surface area contributed by atoms with Gasteiger partial charge in [-0.15, -0.1) is 0 Å². The summed E-state index contributed by atoms with van der Waals surface area (Å²) in [5.41, 5.74) is 6.91. The summed E-state index contributed by atoms with van der Waals surface area (Å²) in [5, 5.41) is 0. The molecule has 0 saturated carbocycles. The van der Waals surface area contributed by atoms with Gasteiger partial charge in [0.1, 0.15) is 0 Å². The van der Waals surface area contributed by atoms with Gasteiger partial charge in [-0.3, -0.25) is 4.79 Å². The number of likely N-dealkylation sites (N-methyl/N-ethyl adjacent to an activating group) is 1. The molecule has 2 heterocycles. The van der Waals surface area contributed by atoms with Crippen molar-refractivity contribution in [2.75, 3.05) is 7.05 Å². The minimum absolute atomic E-state index is 0.0324. The first-order valence-electron chi connectivity index (χ1n) is 4.58. The first-order valence-corrected chi connectivity index (χ1v) is 4.58. The lowest BCUT2D eigenvalue weighted by molar-refractivity contribution is -0.127. The van der Waals surface area contributed by atoms with Crippen LogP contribution in [0.4, 0.5) is 0 Å². The van der Waals surface area contributed by atoms with Crippen LogP contribution in [0.1, 0.15) is 18.2 Å². The topological polar surface area (TPSA) is 64.2 Å². The van der Waals surface area contributed by atoms with E-state index in [1.165, 1.54) is 0 Å². The molecule has 0 bridgehead atoms. The molecule has 1 amide bonds. The van der Waals surface area contributed by atoms with Gasteiger partial charge >= 0.3 is 0 Å². The first-order chi connectivity index (χ1) is 6.61. The Labute approximate surface area is 82.5 Å². The summed E-state index contributed by atoms with van der Waals surface area (Å²) < 4.78 is 1.90. The predicted octanol–water partition coefficient (Wildman–Crippen LogP) is -0.349. The Morgan fingerprint density at radius 2 is 2.29 bits per heavy atom. The van der Waals surface area contributed by atoms with Gasteiger partial charge in [0.15, 0.2) is 0 Å². The van der Waals surface area contributed by atoms with Crippen LogP contribution in [0.2, 0.25) is 0 Å². The maximum atomic E-state index is 11.4. The molecule has 5 nitrogen and oxygen atoms in total. The fourth-order valence-electron chi connectivity index (χ4n) is 1.97. The molecular weight excluding hydrogens is 180 g/mol. The third-order valence-electron chi connectivity index (χ3n) is 2.78. The SMILES string of the molecule is CN1C(=O)CC(N)C1c1cncn1C. The second-order valence-corrected chi connectivity index (χ2v) is 3.75. The summed E-state index contributed by atoms with van der Waals surface area (Å²) in [6.45, 7) is 0. The van der Waals surface area contributed by atoms with E-state index in [-0.39, 0.29) is 18.0 Å². The lowest BCUT2D eigenvalue weighted by Gasteiger charge is -2.22. The third-order valence-corrected chi connectivity index (χ3v) is 2.78. The van der Waals surface area contributed by atoms with Crippen molar-refractivity contribution in [3.05, 3.63) is 18.2 Å². The number of aryl methyl sites for hydroxylation is 1. The number of hydrogen-bond donors (Lipinski definition) is 1. The van der Waals surface area contributed by atoms with Gasteiger partial charge in [0, 0.05) is 26.6 Å². The number of imidazole rings is 1. The molecule has 0 radical (unpaired) electrons. The Bertz CT molecular complexity index is 359. The number of rotatable bonds is 1. The van der Waals surface area contributed by atoms with Crippen LogP contribution in [0, 0.1) is 0 Å². The maximum Gasteiger partial charge on any atom is 0.224 e. The number of likely N-dealkylation sites (tertiary alicyclic amines) is 1. The average Bonchev–Trinajstić information content (AvgIpc) is 2.60. The van der Waals surface area contributed by atoms with Crippen molar-refractivity contribution in [3.8, 4) is 0 Å². The molecule has 0 aromatic carbocycles. The Morgan fingerprint density at radius 3 is 2.71 bits per heavy atom. The fraction of sp³-hybridized carbons (Fsp3) is 0.556. The Morgan fingerprint density at radius 1 is 1.57 bits per heavy atom. The van der Waals surface area contributed by atoms with Gasteiger partial charge in [0.2, 0.25) is 5.91 Å². The predicted molar refractivity (Wildman–Crippen MR) is 51.3 cm³/mol. The van der Waals surface area contributed by atoms with Gasteiger partial charge in [-0.1, -0.05) is 0 Å². The molecule has 14 heavy (non-hydrogen) atoms.